The predicted octanol–water partition coefficient (Wildman–Crippen LogP) is 5.58. The molecule has 8 rings (SSSR count). The molecule has 73 heavy (non-hydrogen) atoms. The van der Waals surface area contributed by atoms with Gasteiger partial charge in [-0.3, -0.25) is 24.1 Å². The first-order valence-electron chi connectivity index (χ1n) is 25.2. The molecule has 3 aromatic carbocycles. The zero-order valence-corrected chi connectivity index (χ0v) is 43.1. The van der Waals surface area contributed by atoms with Gasteiger partial charge in [-0.2, -0.15) is 0 Å². The number of thiazole rings is 1. The van der Waals surface area contributed by atoms with Crippen LogP contribution in [0.5, 0.6) is 17.2 Å². The number of phenolic OH excluding ortho intramolecular Hbond substituents is 1. The average Bonchev–Trinajstić information content (AvgIpc) is 4.00. The molecule has 5 heterocycles. The lowest BCUT2D eigenvalue weighted by Gasteiger charge is -2.36. The van der Waals surface area contributed by atoms with Crippen LogP contribution in [0, 0.1) is 12.3 Å². The number of nitrogens with zero attached hydrogens (tertiary/aromatic N) is 7. The second-order valence-corrected chi connectivity index (χ2v) is 21.1. The first kappa shape index (κ1) is 52.5. The van der Waals surface area contributed by atoms with Gasteiger partial charge in [-0.05, 0) is 67.5 Å². The van der Waals surface area contributed by atoms with Crippen molar-refractivity contribution in [2.24, 2.45) is 5.41 Å². The van der Waals surface area contributed by atoms with Gasteiger partial charge in [-0.15, -0.1) is 21.5 Å². The number of nitrogen functional groups attached to an aromatic ring is 1. The molecule has 388 valence electrons. The first-order chi connectivity index (χ1) is 35.0. The third kappa shape index (κ3) is 13.2. The molecule has 5 atom stereocenters. The van der Waals surface area contributed by atoms with E-state index in [1.54, 1.807) is 40.5 Å². The smallest absolute Gasteiger partial charge is 0.246 e. The number of aromatic hydroxyl groups is 1. The summed E-state index contributed by atoms with van der Waals surface area (Å²) in [6.07, 6.45) is 0.700. The number of benzene rings is 3. The van der Waals surface area contributed by atoms with E-state index in [2.05, 4.69) is 41.7 Å². The van der Waals surface area contributed by atoms with Gasteiger partial charge in [-0.1, -0.05) is 63.2 Å². The van der Waals surface area contributed by atoms with E-state index in [0.717, 1.165) is 52.5 Å². The van der Waals surface area contributed by atoms with Gasteiger partial charge in [0.1, 0.15) is 42.0 Å². The van der Waals surface area contributed by atoms with E-state index in [-0.39, 0.29) is 61.3 Å². The molecule has 2 aromatic heterocycles. The number of rotatable bonds is 17. The Morgan fingerprint density at radius 1 is 0.918 bits per heavy atom. The summed E-state index contributed by atoms with van der Waals surface area (Å²) in [7, 11) is 0. The number of hydrogen-bond acceptors (Lipinski definition) is 15. The van der Waals surface area contributed by atoms with Crippen LogP contribution < -0.4 is 30.7 Å². The van der Waals surface area contributed by atoms with Crippen molar-refractivity contribution in [1.29, 1.82) is 0 Å². The number of ether oxygens (including phenoxy) is 2. The van der Waals surface area contributed by atoms with E-state index in [9.17, 15) is 29.4 Å². The maximum Gasteiger partial charge on any atom is 0.246 e. The number of aliphatic hydroxyl groups excluding tert-OH is 1. The maximum atomic E-state index is 14.2. The first-order valence-corrected chi connectivity index (χ1v) is 26.0. The number of piperidine rings is 1. The van der Waals surface area contributed by atoms with E-state index in [4.69, 9.17) is 15.2 Å². The molecule has 3 aliphatic rings. The molecule has 0 radical (unpaired) electrons. The van der Waals surface area contributed by atoms with Crippen molar-refractivity contribution in [2.45, 2.75) is 97.1 Å². The monoisotopic (exact) mass is 1020 g/mol. The molecule has 18 nitrogen and oxygen atoms in total. The van der Waals surface area contributed by atoms with E-state index in [1.165, 1.54) is 4.90 Å². The highest BCUT2D eigenvalue weighted by Gasteiger charge is 2.45. The number of phenols is 1. The minimum absolute atomic E-state index is 0.00798. The van der Waals surface area contributed by atoms with Crippen molar-refractivity contribution in [1.82, 2.24) is 40.5 Å². The number of aryl methyl sites for hydroxylation is 1. The van der Waals surface area contributed by atoms with Gasteiger partial charge in [-0.25, -0.2) is 4.98 Å². The normalized spacial score (nSPS) is 19.3. The third-order valence-electron chi connectivity index (χ3n) is 13.8. The summed E-state index contributed by atoms with van der Waals surface area (Å²) >= 11 is 1.57. The summed E-state index contributed by atoms with van der Waals surface area (Å²) in [6, 6.07) is 22.3. The molecule has 0 bridgehead atoms. The fourth-order valence-electron chi connectivity index (χ4n) is 9.66. The highest BCUT2D eigenvalue weighted by atomic mass is 32.1. The third-order valence-corrected chi connectivity index (χ3v) is 14.8. The number of carbonyl (C=O) groups excluding carboxylic acids is 4. The van der Waals surface area contributed by atoms with Gasteiger partial charge in [0, 0.05) is 88.5 Å². The Morgan fingerprint density at radius 3 is 2.41 bits per heavy atom. The fraction of sp³-hybridized carbons (Fsp3) is 0.463. The van der Waals surface area contributed by atoms with Crippen LogP contribution in [0.25, 0.3) is 21.7 Å². The largest absolute Gasteiger partial charge is 0.507 e. The molecular formula is C54H68N10O8S. The number of piperazine rings is 1. The molecule has 0 spiro atoms. The van der Waals surface area contributed by atoms with E-state index in [1.807, 2.05) is 88.7 Å². The molecule has 3 saturated heterocycles. The second kappa shape index (κ2) is 23.4. The molecule has 0 aliphatic carbocycles. The van der Waals surface area contributed by atoms with Crippen LogP contribution in [-0.4, -0.2) is 147 Å². The van der Waals surface area contributed by atoms with Crippen molar-refractivity contribution >= 4 is 46.5 Å². The lowest BCUT2D eigenvalue weighted by Crippen LogP contribution is -2.58. The molecule has 4 amide bonds. The van der Waals surface area contributed by atoms with Crippen molar-refractivity contribution in [3.8, 4) is 38.9 Å². The Balaban J connectivity index is 0.758. The zero-order valence-electron chi connectivity index (χ0n) is 42.3. The van der Waals surface area contributed by atoms with E-state index < -0.39 is 35.4 Å². The average molecular weight is 1020 g/mol. The lowest BCUT2D eigenvalue weighted by molar-refractivity contribution is -0.144. The summed E-state index contributed by atoms with van der Waals surface area (Å²) in [6.45, 7) is 14.3. The van der Waals surface area contributed by atoms with Crippen LogP contribution in [0.4, 0.5) is 11.5 Å². The number of aliphatic hydroxyl groups is 1. The van der Waals surface area contributed by atoms with Gasteiger partial charge < -0.3 is 50.8 Å². The zero-order chi connectivity index (χ0) is 51.8. The Labute approximate surface area is 430 Å². The van der Waals surface area contributed by atoms with Crippen molar-refractivity contribution in [3.63, 3.8) is 0 Å². The predicted molar refractivity (Wildman–Crippen MR) is 280 cm³/mol. The molecule has 3 aliphatic heterocycles. The topological polar surface area (TPSA) is 229 Å². The summed E-state index contributed by atoms with van der Waals surface area (Å²) in [4.78, 5) is 67.8. The number of likely N-dealkylation sites (tertiary alicyclic amines) is 1. The standard InChI is InChI=1S/C54H68N10O8S/c1-34(36-15-17-37(18-16-36)49-35(2)56-33-73-49)57-52(69)44-29-39(65)31-64(44)53(70)50(54(3,4)5)58-47(67)19-20-48(68)62-24-22-61(23-25-62)26-27-71-40-11-8-10-38(28-40)63-21-9-12-41(32-63)72-46-30-43(59-60-51(46)55)42-13-6-7-14-45(42)66/h6-8,10-11,13-18,28,30,33-34,39,41,44,50,65-66H,9,12,19-27,29,31-32H2,1-5H3,(H2,55,60)(H,57,69)(H,58,67). The molecule has 5 aromatic rings. The number of anilines is 2. The minimum atomic E-state index is -0.995. The quantitative estimate of drug-likeness (QED) is 0.0766. The van der Waals surface area contributed by atoms with E-state index in [0.29, 0.717) is 62.9 Å². The Morgan fingerprint density at radius 2 is 1.68 bits per heavy atom. The van der Waals surface area contributed by atoms with Crippen LogP contribution >= 0.6 is 11.3 Å². The van der Waals surface area contributed by atoms with Crippen LogP contribution in [-0.2, 0) is 19.2 Å². The van der Waals surface area contributed by atoms with Crippen LogP contribution in [0.15, 0.2) is 84.4 Å². The number of nitrogens with two attached hydrogens (primary N) is 1. The van der Waals surface area contributed by atoms with Gasteiger partial charge >= 0.3 is 0 Å². The van der Waals surface area contributed by atoms with Crippen molar-refractivity contribution in [2.75, 3.05) is 69.6 Å². The van der Waals surface area contributed by atoms with E-state index >= 15 is 0 Å². The second-order valence-electron chi connectivity index (χ2n) is 20.3. The summed E-state index contributed by atoms with van der Waals surface area (Å²) in [5, 5.41) is 35.2. The molecule has 3 fully saturated rings. The number of aromatic nitrogens is 3. The molecular weight excluding hydrogens is 949 g/mol. The van der Waals surface area contributed by atoms with Crippen LogP contribution in [0.1, 0.15) is 77.1 Å². The van der Waals surface area contributed by atoms with Gasteiger partial charge in [0.05, 0.1) is 34.8 Å². The van der Waals surface area contributed by atoms with Crippen molar-refractivity contribution < 1.29 is 38.9 Å². The Hall–Kier alpha value is -6.83. The number of β-amino-alcohol motifs (C(OH)–C–C–N with tert-alkyl or cyclic N) is 1. The number of carbonyl (C=O) groups is 4. The van der Waals surface area contributed by atoms with Gasteiger partial charge in [0.2, 0.25) is 23.6 Å². The SMILES string of the molecule is Cc1ncsc1-c1ccc(C(C)NC(=O)C2CC(O)CN2C(=O)C(NC(=O)CCC(=O)N2CCN(CCOc3cccc(N4CCCC(Oc5cc(-c6ccccc6O)nnc5N)C4)c3)CC2)C(C)(C)C)cc1. The molecule has 0 saturated carbocycles. The number of para-hydroxylation sites is 1. The van der Waals surface area contributed by atoms with Crippen LogP contribution in [0.3, 0.4) is 0 Å². The molecule has 5 unspecified atom stereocenters. The highest BCUT2D eigenvalue weighted by Crippen LogP contribution is 2.34. The van der Waals surface area contributed by atoms with Crippen LogP contribution in [0.2, 0.25) is 0 Å². The maximum absolute atomic E-state index is 14.2. The minimum Gasteiger partial charge on any atom is -0.507 e. The summed E-state index contributed by atoms with van der Waals surface area (Å²) < 4.78 is 12.6. The Kier molecular flexibility index (Phi) is 16.8. The molecule has 6 N–H and O–H groups in total. The Bertz CT molecular complexity index is 2720. The van der Waals surface area contributed by atoms with Gasteiger partial charge in [0.25, 0.3) is 0 Å². The molecule has 19 heteroatoms. The van der Waals surface area contributed by atoms with Gasteiger partial charge in [0.15, 0.2) is 11.6 Å². The summed E-state index contributed by atoms with van der Waals surface area (Å²) in [5.41, 5.74) is 12.2. The number of amides is 4. The number of hydrogen-bond donors (Lipinski definition) is 5. The van der Waals surface area contributed by atoms with Crippen molar-refractivity contribution in [3.05, 3.63) is 95.6 Å². The highest BCUT2D eigenvalue weighted by molar-refractivity contribution is 7.13. The number of nitrogens with one attached hydrogen (secondary N) is 2. The lowest BCUT2D eigenvalue weighted by atomic mass is 9.85. The fourth-order valence-corrected chi connectivity index (χ4v) is 10.5. The summed E-state index contributed by atoms with van der Waals surface area (Å²) in [5.74, 6) is 0.0646.